The highest BCUT2D eigenvalue weighted by Crippen LogP contribution is 2.61. The Morgan fingerprint density at radius 1 is 1.41 bits per heavy atom. The van der Waals surface area contributed by atoms with Crippen LogP contribution in [0.3, 0.4) is 0 Å². The zero-order valence-corrected chi connectivity index (χ0v) is 17.4. The van der Waals surface area contributed by atoms with E-state index in [0.717, 1.165) is 6.42 Å². The maximum Gasteiger partial charge on any atom is 0.274 e. The molecule has 2 aromatic rings. The first kappa shape index (κ1) is 22.0. The highest BCUT2D eigenvalue weighted by molar-refractivity contribution is 5.97. The number of anilines is 1. The second-order valence-corrected chi connectivity index (χ2v) is 8.88. The van der Waals surface area contributed by atoms with Crippen molar-refractivity contribution in [1.82, 2.24) is 15.3 Å². The Kier molecular flexibility index (Phi) is 5.14. The first-order valence-electron chi connectivity index (χ1n) is 10.2. The van der Waals surface area contributed by atoms with Gasteiger partial charge < -0.3 is 21.3 Å². The maximum atomic E-state index is 13.4. The minimum Gasteiger partial charge on any atom is -0.393 e. The number of nitrogen functional groups attached to an aromatic ring is 1. The monoisotopic (exact) mass is 443 g/mol. The van der Waals surface area contributed by atoms with Crippen molar-refractivity contribution in [2.24, 2.45) is 5.41 Å². The van der Waals surface area contributed by atoms with Crippen molar-refractivity contribution in [3.63, 3.8) is 0 Å². The number of alkyl halides is 2. The van der Waals surface area contributed by atoms with Crippen molar-refractivity contribution in [2.75, 3.05) is 12.3 Å². The molecule has 1 unspecified atom stereocenters. The van der Waals surface area contributed by atoms with Crippen LogP contribution < -0.4 is 11.1 Å². The lowest BCUT2D eigenvalue weighted by molar-refractivity contribution is -0.129. The molecule has 10 heteroatoms. The molecule has 2 bridgehead atoms. The molecular formula is C22H23F2N5O3. The summed E-state index contributed by atoms with van der Waals surface area (Å²) >= 11 is 0. The van der Waals surface area contributed by atoms with Crippen LogP contribution in [0.15, 0.2) is 24.4 Å². The predicted octanol–water partition coefficient (Wildman–Crippen LogP) is 2.05. The fourth-order valence-electron chi connectivity index (χ4n) is 4.81. The van der Waals surface area contributed by atoms with Crippen LogP contribution in [0.25, 0.3) is 11.3 Å². The van der Waals surface area contributed by atoms with E-state index >= 15 is 0 Å². The highest BCUT2D eigenvalue weighted by atomic mass is 19.3. The van der Waals surface area contributed by atoms with E-state index in [1.54, 1.807) is 6.92 Å². The number of rotatable bonds is 6. The first-order valence-corrected chi connectivity index (χ1v) is 10.2. The molecule has 3 saturated carbocycles. The van der Waals surface area contributed by atoms with Gasteiger partial charge in [0.05, 0.1) is 30.0 Å². The molecular weight excluding hydrogens is 420 g/mol. The van der Waals surface area contributed by atoms with Crippen LogP contribution in [0.2, 0.25) is 0 Å². The number of fused-ring (bicyclic) bond motifs is 1. The molecule has 1 amide bonds. The number of nitrogens with zero attached hydrogens (tertiary/aromatic N) is 3. The quantitative estimate of drug-likeness (QED) is 0.534. The lowest BCUT2D eigenvalue weighted by atomic mass is 9.66. The van der Waals surface area contributed by atoms with E-state index in [1.807, 2.05) is 0 Å². The van der Waals surface area contributed by atoms with Crippen molar-refractivity contribution < 1.29 is 23.8 Å². The number of benzene rings is 1. The number of carbonyl (C=O) groups excluding carboxylic acids is 1. The molecule has 0 spiro atoms. The number of nitrogens with one attached hydrogen (secondary N) is 1. The molecule has 3 fully saturated rings. The summed E-state index contributed by atoms with van der Waals surface area (Å²) in [7, 11) is 0. The summed E-state index contributed by atoms with van der Waals surface area (Å²) in [5, 5.41) is 31.8. The standard InChI is InChI=1S/C22H23F2N5O3/c1-12-2-3-13(22(32,11-30)19(23)24)6-14(12)15-7-27-17(26)16(28-15)18(31)29-21-5-4-20(8-21,9-21)10-25/h2-3,6-7,19,30,32H,4-5,8-9,11H2,1H3,(H2,26,27)(H,29,31). The van der Waals surface area contributed by atoms with E-state index < -0.39 is 30.1 Å². The zero-order valence-electron chi connectivity index (χ0n) is 17.4. The number of amides is 1. The molecule has 32 heavy (non-hydrogen) atoms. The largest absolute Gasteiger partial charge is 0.393 e. The first-order chi connectivity index (χ1) is 15.1. The predicted molar refractivity (Wildman–Crippen MR) is 110 cm³/mol. The van der Waals surface area contributed by atoms with Crippen molar-refractivity contribution in [1.29, 1.82) is 5.26 Å². The van der Waals surface area contributed by atoms with Crippen molar-refractivity contribution in [3.05, 3.63) is 41.2 Å². The molecule has 0 radical (unpaired) electrons. The van der Waals surface area contributed by atoms with Crippen molar-refractivity contribution in [3.8, 4) is 17.3 Å². The van der Waals surface area contributed by atoms with Crippen LogP contribution >= 0.6 is 0 Å². The minimum atomic E-state index is -3.21. The van der Waals surface area contributed by atoms with Crippen LogP contribution in [0.5, 0.6) is 0 Å². The number of aromatic nitrogens is 2. The summed E-state index contributed by atoms with van der Waals surface area (Å²) in [6, 6.07) is 6.44. The molecule has 1 atom stereocenters. The van der Waals surface area contributed by atoms with E-state index in [9.17, 15) is 29.1 Å². The van der Waals surface area contributed by atoms with Crippen molar-refractivity contribution in [2.45, 2.75) is 50.2 Å². The number of halogens is 2. The molecule has 168 valence electrons. The molecule has 5 rings (SSSR count). The van der Waals surface area contributed by atoms with E-state index in [4.69, 9.17) is 5.73 Å². The number of hydrogen-bond acceptors (Lipinski definition) is 7. The van der Waals surface area contributed by atoms with Crippen LogP contribution in [0.4, 0.5) is 14.6 Å². The van der Waals surface area contributed by atoms with Gasteiger partial charge in [-0.25, -0.2) is 18.7 Å². The minimum absolute atomic E-state index is 0.0835. The van der Waals surface area contributed by atoms with Crippen LogP contribution in [-0.4, -0.2) is 44.7 Å². The Morgan fingerprint density at radius 3 is 2.72 bits per heavy atom. The molecule has 0 saturated heterocycles. The fraction of sp³-hybridized carbons (Fsp3) is 0.455. The van der Waals surface area contributed by atoms with Gasteiger partial charge in [0.25, 0.3) is 12.3 Å². The lowest BCUT2D eigenvalue weighted by Gasteiger charge is -2.43. The van der Waals surface area contributed by atoms with Gasteiger partial charge in [0.1, 0.15) is 0 Å². The number of hydrogen-bond donors (Lipinski definition) is 4. The van der Waals surface area contributed by atoms with Gasteiger partial charge in [-0.05, 0) is 49.8 Å². The number of aryl methyl sites for hydroxylation is 1. The molecule has 1 aromatic carbocycles. The third-order valence-corrected chi connectivity index (χ3v) is 6.68. The summed E-state index contributed by atoms with van der Waals surface area (Å²) in [6.07, 6.45) is 0.711. The second kappa shape index (κ2) is 7.46. The summed E-state index contributed by atoms with van der Waals surface area (Å²) in [5.41, 5.74) is 3.27. The number of carbonyl (C=O) groups is 1. The zero-order chi connectivity index (χ0) is 23.3. The molecule has 3 aliphatic carbocycles. The Morgan fingerprint density at radius 2 is 2.12 bits per heavy atom. The average molecular weight is 443 g/mol. The number of nitrogens with two attached hydrogens (primary N) is 1. The highest BCUT2D eigenvalue weighted by Gasteiger charge is 2.62. The van der Waals surface area contributed by atoms with Gasteiger partial charge in [0.15, 0.2) is 17.1 Å². The number of aliphatic hydroxyl groups excluding tert-OH is 1. The third kappa shape index (κ3) is 3.38. The van der Waals surface area contributed by atoms with Crippen molar-refractivity contribution >= 4 is 11.7 Å². The number of nitriles is 1. The summed E-state index contributed by atoms with van der Waals surface area (Å²) in [6.45, 7) is 0.547. The molecule has 1 aromatic heterocycles. The van der Waals surface area contributed by atoms with Gasteiger partial charge in [0, 0.05) is 11.1 Å². The van der Waals surface area contributed by atoms with Crippen LogP contribution in [0.1, 0.15) is 47.3 Å². The van der Waals surface area contributed by atoms with E-state index in [0.29, 0.717) is 30.4 Å². The van der Waals surface area contributed by atoms with Gasteiger partial charge in [0.2, 0.25) is 0 Å². The van der Waals surface area contributed by atoms with Gasteiger partial charge in [-0.2, -0.15) is 5.26 Å². The Bertz CT molecular complexity index is 1130. The lowest BCUT2D eigenvalue weighted by Crippen LogP contribution is -2.55. The SMILES string of the molecule is Cc1ccc(C(O)(CO)C(F)F)cc1-c1cnc(N)c(C(=O)NC23CCC(C#N)(C2)C3)n1. The number of aliphatic hydroxyl groups is 2. The van der Waals surface area contributed by atoms with Gasteiger partial charge in [-0.3, -0.25) is 4.79 Å². The van der Waals surface area contributed by atoms with Crippen LogP contribution in [0, 0.1) is 23.7 Å². The van der Waals surface area contributed by atoms with Crippen LogP contribution in [-0.2, 0) is 5.60 Å². The molecule has 3 aliphatic rings. The Hall–Kier alpha value is -3.16. The summed E-state index contributed by atoms with van der Waals surface area (Å²) in [5.74, 6) is -0.599. The van der Waals surface area contributed by atoms with Gasteiger partial charge in [-0.15, -0.1) is 0 Å². The maximum absolute atomic E-state index is 13.4. The molecule has 8 nitrogen and oxygen atoms in total. The normalized spacial score (nSPS) is 25.7. The third-order valence-electron chi connectivity index (χ3n) is 6.68. The molecule has 5 N–H and O–H groups in total. The second-order valence-electron chi connectivity index (χ2n) is 8.88. The van der Waals surface area contributed by atoms with Gasteiger partial charge in [-0.1, -0.05) is 12.1 Å². The Labute approximate surface area is 183 Å². The summed E-state index contributed by atoms with van der Waals surface area (Å²) in [4.78, 5) is 21.3. The fourth-order valence-corrected chi connectivity index (χ4v) is 4.81. The van der Waals surface area contributed by atoms with E-state index in [1.165, 1.54) is 24.4 Å². The van der Waals surface area contributed by atoms with Gasteiger partial charge >= 0.3 is 0 Å². The molecule has 1 heterocycles. The smallest absolute Gasteiger partial charge is 0.274 e. The Balaban J connectivity index is 1.66. The summed E-state index contributed by atoms with van der Waals surface area (Å²) < 4.78 is 26.8. The molecule has 0 aliphatic heterocycles. The topological polar surface area (TPSA) is 145 Å². The van der Waals surface area contributed by atoms with E-state index in [-0.39, 0.29) is 28.2 Å². The average Bonchev–Trinajstić information content (AvgIpc) is 3.29. The van der Waals surface area contributed by atoms with E-state index in [2.05, 4.69) is 21.4 Å².